The van der Waals surface area contributed by atoms with Crippen LogP contribution in [0, 0.1) is 0 Å². The van der Waals surface area contributed by atoms with E-state index in [1.165, 1.54) is 10.6 Å². The minimum Gasteiger partial charge on any atom is -0.493 e. The average molecular weight is 355 g/mol. The van der Waals surface area contributed by atoms with Crippen LogP contribution in [0.5, 0.6) is 5.75 Å². The van der Waals surface area contributed by atoms with Gasteiger partial charge in [-0.3, -0.25) is 9.69 Å². The quantitative estimate of drug-likeness (QED) is 0.766. The molecule has 1 heterocycles. The summed E-state index contributed by atoms with van der Waals surface area (Å²) in [6, 6.07) is 7.17. The normalized spacial score (nSPS) is 16.8. The number of benzene rings is 1. The largest absolute Gasteiger partial charge is 0.493 e. The summed E-state index contributed by atoms with van der Waals surface area (Å²) in [5.74, 6) is 0.424. The molecule has 0 radical (unpaired) electrons. The molecule has 0 aliphatic carbocycles. The number of para-hydroxylation sites is 1. The van der Waals surface area contributed by atoms with Gasteiger partial charge in [0.05, 0.1) is 18.4 Å². The highest BCUT2D eigenvalue weighted by Crippen LogP contribution is 2.17. The van der Waals surface area contributed by atoms with Crippen LogP contribution in [0.3, 0.4) is 0 Å². The van der Waals surface area contributed by atoms with Crippen LogP contribution in [0.25, 0.3) is 0 Å². The first-order valence-corrected chi connectivity index (χ1v) is 9.94. The first-order chi connectivity index (χ1) is 11.4. The lowest BCUT2D eigenvalue weighted by atomic mass is 10.2. The molecule has 0 saturated carbocycles. The average Bonchev–Trinajstić information content (AvgIpc) is 2.55. The molecule has 2 rings (SSSR count). The number of ether oxygens (including phenoxy) is 1. The number of carbonyl (C=O) groups excluding carboxylic acids is 1. The molecule has 1 aromatic carbocycles. The van der Waals surface area contributed by atoms with Crippen molar-refractivity contribution >= 4 is 15.9 Å². The van der Waals surface area contributed by atoms with E-state index in [0.717, 1.165) is 0 Å². The number of nitrogens with zero attached hydrogens (tertiary/aromatic N) is 2. The van der Waals surface area contributed by atoms with E-state index in [1.807, 2.05) is 19.1 Å². The summed E-state index contributed by atoms with van der Waals surface area (Å²) < 4.78 is 29.9. The number of hydrogen-bond acceptors (Lipinski definition) is 5. The van der Waals surface area contributed by atoms with Gasteiger partial charge in [-0.2, -0.15) is 4.31 Å². The third-order valence-corrected chi connectivity index (χ3v) is 5.25. The van der Waals surface area contributed by atoms with Crippen LogP contribution in [-0.4, -0.2) is 75.7 Å². The Balaban J connectivity index is 1.78. The van der Waals surface area contributed by atoms with Crippen molar-refractivity contribution in [2.45, 2.75) is 6.92 Å². The van der Waals surface area contributed by atoms with Crippen LogP contribution < -0.4 is 10.1 Å². The van der Waals surface area contributed by atoms with Crippen molar-refractivity contribution in [1.82, 2.24) is 14.5 Å². The summed E-state index contributed by atoms with van der Waals surface area (Å²) >= 11 is 0. The smallest absolute Gasteiger partial charge is 0.255 e. The lowest BCUT2D eigenvalue weighted by molar-refractivity contribution is 0.0941. The summed E-state index contributed by atoms with van der Waals surface area (Å²) in [6.45, 7) is 5.95. The van der Waals surface area contributed by atoms with Gasteiger partial charge in [0.1, 0.15) is 5.75 Å². The molecule has 24 heavy (non-hydrogen) atoms. The zero-order valence-electron chi connectivity index (χ0n) is 14.2. The summed E-state index contributed by atoms with van der Waals surface area (Å²) in [5.41, 5.74) is 0.529. The number of amides is 1. The van der Waals surface area contributed by atoms with E-state index in [9.17, 15) is 13.2 Å². The van der Waals surface area contributed by atoms with Gasteiger partial charge < -0.3 is 10.1 Å². The monoisotopic (exact) mass is 355 g/mol. The van der Waals surface area contributed by atoms with E-state index in [4.69, 9.17) is 4.74 Å². The predicted molar refractivity (Wildman–Crippen MR) is 92.8 cm³/mol. The maximum Gasteiger partial charge on any atom is 0.255 e. The van der Waals surface area contributed by atoms with E-state index in [1.54, 1.807) is 12.1 Å². The van der Waals surface area contributed by atoms with Gasteiger partial charge >= 0.3 is 0 Å². The Kier molecular flexibility index (Phi) is 6.59. The Morgan fingerprint density at radius 3 is 2.50 bits per heavy atom. The zero-order valence-corrected chi connectivity index (χ0v) is 15.0. The summed E-state index contributed by atoms with van der Waals surface area (Å²) in [7, 11) is -3.11. The molecule has 1 saturated heterocycles. The van der Waals surface area contributed by atoms with Gasteiger partial charge in [0.15, 0.2) is 0 Å². The molecule has 0 spiro atoms. The molecular formula is C16H25N3O4S. The standard InChI is InChI=1S/C16H25N3O4S/c1-3-23-15-7-5-4-6-14(15)16(20)17-8-9-18-10-12-19(13-11-18)24(2,21)22/h4-7H,3,8-13H2,1-2H3,(H,17,20). The SMILES string of the molecule is CCOc1ccccc1C(=O)NCCN1CCN(S(C)(=O)=O)CC1. The highest BCUT2D eigenvalue weighted by molar-refractivity contribution is 7.88. The van der Waals surface area contributed by atoms with Crippen molar-refractivity contribution in [2.75, 3.05) is 52.1 Å². The molecule has 7 nitrogen and oxygen atoms in total. The van der Waals surface area contributed by atoms with Crippen LogP contribution in [-0.2, 0) is 10.0 Å². The maximum atomic E-state index is 12.3. The van der Waals surface area contributed by atoms with E-state index in [2.05, 4.69) is 10.2 Å². The number of rotatable bonds is 7. The van der Waals surface area contributed by atoms with Crippen LogP contribution in [0.1, 0.15) is 17.3 Å². The number of carbonyl (C=O) groups is 1. The third-order valence-electron chi connectivity index (χ3n) is 3.95. The minimum absolute atomic E-state index is 0.158. The van der Waals surface area contributed by atoms with E-state index in [0.29, 0.717) is 57.2 Å². The summed E-state index contributed by atoms with van der Waals surface area (Å²) in [5, 5.41) is 2.89. The third kappa shape index (κ3) is 5.19. The predicted octanol–water partition coefficient (Wildman–Crippen LogP) is 0.392. The molecule has 8 heteroatoms. The molecule has 0 unspecified atom stereocenters. The molecule has 1 fully saturated rings. The van der Waals surface area contributed by atoms with Gasteiger partial charge in [0.25, 0.3) is 5.91 Å². The summed E-state index contributed by atoms with van der Waals surface area (Å²) in [6.07, 6.45) is 1.23. The zero-order chi connectivity index (χ0) is 17.6. The fraction of sp³-hybridized carbons (Fsp3) is 0.562. The number of nitrogens with one attached hydrogen (secondary N) is 1. The molecule has 0 bridgehead atoms. The highest BCUT2D eigenvalue weighted by Gasteiger charge is 2.23. The van der Waals surface area contributed by atoms with Crippen molar-refractivity contribution in [3.63, 3.8) is 0 Å². The number of sulfonamides is 1. The second-order valence-electron chi connectivity index (χ2n) is 5.69. The van der Waals surface area contributed by atoms with E-state index in [-0.39, 0.29) is 5.91 Å². The number of piperazine rings is 1. The fourth-order valence-electron chi connectivity index (χ4n) is 2.64. The van der Waals surface area contributed by atoms with E-state index >= 15 is 0 Å². The first kappa shape index (κ1) is 18.7. The number of hydrogen-bond donors (Lipinski definition) is 1. The molecule has 1 amide bonds. The van der Waals surface area contributed by atoms with Crippen LogP contribution in [0.15, 0.2) is 24.3 Å². The van der Waals surface area contributed by atoms with Crippen molar-refractivity contribution in [3.05, 3.63) is 29.8 Å². The second-order valence-corrected chi connectivity index (χ2v) is 7.67. The Labute approximate surface area is 143 Å². The maximum absolute atomic E-state index is 12.3. The molecule has 1 aliphatic rings. The Bertz CT molecular complexity index is 655. The van der Waals surface area contributed by atoms with Crippen LogP contribution in [0.4, 0.5) is 0 Å². The molecule has 1 aliphatic heterocycles. The molecular weight excluding hydrogens is 330 g/mol. The van der Waals surface area contributed by atoms with Gasteiger partial charge in [-0.1, -0.05) is 12.1 Å². The van der Waals surface area contributed by atoms with Crippen LogP contribution >= 0.6 is 0 Å². The van der Waals surface area contributed by atoms with Crippen LogP contribution in [0.2, 0.25) is 0 Å². The Morgan fingerprint density at radius 1 is 1.21 bits per heavy atom. The van der Waals surface area contributed by atoms with Gasteiger partial charge in [0, 0.05) is 39.3 Å². The fourth-order valence-corrected chi connectivity index (χ4v) is 3.47. The highest BCUT2D eigenvalue weighted by atomic mass is 32.2. The van der Waals surface area contributed by atoms with Crippen molar-refractivity contribution < 1.29 is 17.9 Å². The Hall–Kier alpha value is -1.64. The van der Waals surface area contributed by atoms with Crippen molar-refractivity contribution in [1.29, 1.82) is 0 Å². The molecule has 1 N–H and O–H groups in total. The van der Waals surface area contributed by atoms with Gasteiger partial charge in [0.2, 0.25) is 10.0 Å². The minimum atomic E-state index is -3.11. The van der Waals surface area contributed by atoms with Gasteiger partial charge in [-0.05, 0) is 19.1 Å². The van der Waals surface area contributed by atoms with Gasteiger partial charge in [-0.25, -0.2) is 8.42 Å². The van der Waals surface area contributed by atoms with Crippen molar-refractivity contribution in [2.24, 2.45) is 0 Å². The Morgan fingerprint density at radius 2 is 1.88 bits per heavy atom. The molecule has 1 aromatic rings. The molecule has 0 atom stereocenters. The first-order valence-electron chi connectivity index (χ1n) is 8.09. The lowest BCUT2D eigenvalue weighted by Gasteiger charge is -2.33. The molecule has 0 aromatic heterocycles. The van der Waals surface area contributed by atoms with Crippen molar-refractivity contribution in [3.8, 4) is 5.75 Å². The summed E-state index contributed by atoms with van der Waals surface area (Å²) in [4.78, 5) is 14.4. The molecule has 134 valence electrons. The topological polar surface area (TPSA) is 79.0 Å². The van der Waals surface area contributed by atoms with E-state index < -0.39 is 10.0 Å². The lowest BCUT2D eigenvalue weighted by Crippen LogP contribution is -2.49. The second kappa shape index (κ2) is 8.46. The van der Waals surface area contributed by atoms with Gasteiger partial charge in [-0.15, -0.1) is 0 Å².